The van der Waals surface area contributed by atoms with E-state index in [1.807, 2.05) is 36.4 Å². The van der Waals surface area contributed by atoms with E-state index < -0.39 is 5.97 Å². The van der Waals surface area contributed by atoms with Crippen molar-refractivity contribution in [1.29, 1.82) is 0 Å². The summed E-state index contributed by atoms with van der Waals surface area (Å²) < 4.78 is 23.0. The van der Waals surface area contributed by atoms with Crippen LogP contribution in [0.3, 0.4) is 0 Å². The lowest BCUT2D eigenvalue weighted by atomic mass is 10.2. The number of halogens is 1. The van der Waals surface area contributed by atoms with Crippen molar-refractivity contribution in [1.82, 2.24) is 15.2 Å². The van der Waals surface area contributed by atoms with E-state index in [0.29, 0.717) is 46.6 Å². The van der Waals surface area contributed by atoms with E-state index in [0.717, 1.165) is 20.9 Å². The van der Waals surface area contributed by atoms with Gasteiger partial charge >= 0.3 is 5.97 Å². The average Bonchev–Trinajstić information content (AvgIpc) is 3.40. The fourth-order valence-corrected chi connectivity index (χ4v) is 4.93. The van der Waals surface area contributed by atoms with E-state index in [4.69, 9.17) is 18.9 Å². The molecule has 196 valence electrons. The van der Waals surface area contributed by atoms with Gasteiger partial charge in [0.05, 0.1) is 24.9 Å². The SMILES string of the molecule is COc1cc(OC)cc(-c2nc(S/C(=C\c3cc(I)c(OCc4ccccc4)c(OC)c3)C(=O)O)n[nH]2)c1. The number of thioether (sulfide) groups is 1. The van der Waals surface area contributed by atoms with Gasteiger partial charge in [0.25, 0.3) is 0 Å². The molecule has 4 aromatic rings. The zero-order valence-corrected chi connectivity index (χ0v) is 23.7. The second-order valence-electron chi connectivity index (χ2n) is 7.79. The molecule has 11 heteroatoms. The quantitative estimate of drug-likeness (QED) is 0.117. The first-order chi connectivity index (χ1) is 18.4. The number of methoxy groups -OCH3 is 3. The summed E-state index contributed by atoms with van der Waals surface area (Å²) >= 11 is 3.08. The average molecular weight is 645 g/mol. The van der Waals surface area contributed by atoms with E-state index >= 15 is 0 Å². The van der Waals surface area contributed by atoms with Crippen LogP contribution in [0, 0.1) is 3.57 Å². The van der Waals surface area contributed by atoms with Crippen LogP contribution >= 0.6 is 34.4 Å². The Morgan fingerprint density at radius 2 is 1.74 bits per heavy atom. The molecule has 0 aliphatic rings. The molecule has 1 heterocycles. The number of aromatic amines is 1. The van der Waals surface area contributed by atoms with Gasteiger partial charge in [-0.1, -0.05) is 30.3 Å². The second-order valence-corrected chi connectivity index (χ2v) is 9.96. The molecule has 38 heavy (non-hydrogen) atoms. The van der Waals surface area contributed by atoms with E-state index in [1.54, 1.807) is 51.7 Å². The molecule has 0 spiro atoms. The van der Waals surface area contributed by atoms with Gasteiger partial charge < -0.3 is 24.1 Å². The van der Waals surface area contributed by atoms with E-state index in [-0.39, 0.29) is 10.1 Å². The summed E-state index contributed by atoms with van der Waals surface area (Å²) in [6, 6.07) is 18.7. The summed E-state index contributed by atoms with van der Waals surface area (Å²) in [6.07, 6.45) is 1.54. The zero-order chi connectivity index (χ0) is 27.1. The number of aromatic nitrogens is 3. The number of benzene rings is 3. The summed E-state index contributed by atoms with van der Waals surface area (Å²) in [5.41, 5.74) is 2.35. The molecule has 0 aliphatic heterocycles. The van der Waals surface area contributed by atoms with Crippen molar-refractivity contribution in [2.45, 2.75) is 11.8 Å². The van der Waals surface area contributed by atoms with Crippen molar-refractivity contribution in [2.75, 3.05) is 21.3 Å². The van der Waals surface area contributed by atoms with Gasteiger partial charge in [0, 0.05) is 11.6 Å². The third-order valence-electron chi connectivity index (χ3n) is 5.28. The fourth-order valence-electron chi connectivity index (χ4n) is 3.44. The molecule has 0 bridgehead atoms. The summed E-state index contributed by atoms with van der Waals surface area (Å²) in [5, 5.41) is 17.1. The molecular weight excluding hydrogens is 621 g/mol. The van der Waals surface area contributed by atoms with Gasteiger partial charge in [-0.3, -0.25) is 5.10 Å². The Hall–Kier alpha value is -3.71. The topological polar surface area (TPSA) is 116 Å². The zero-order valence-electron chi connectivity index (χ0n) is 20.7. The molecule has 0 unspecified atom stereocenters. The van der Waals surface area contributed by atoms with Crippen LogP contribution in [0.4, 0.5) is 0 Å². The minimum Gasteiger partial charge on any atom is -0.497 e. The number of ether oxygens (including phenoxy) is 4. The Kier molecular flexibility index (Phi) is 9.13. The summed E-state index contributed by atoms with van der Waals surface area (Å²) in [4.78, 5) is 16.6. The van der Waals surface area contributed by atoms with Gasteiger partial charge in [0.2, 0.25) is 5.16 Å². The molecule has 9 nitrogen and oxygen atoms in total. The monoisotopic (exact) mass is 645 g/mol. The van der Waals surface area contributed by atoms with Crippen LogP contribution in [0.5, 0.6) is 23.0 Å². The number of hydrogen-bond donors (Lipinski definition) is 2. The highest BCUT2D eigenvalue weighted by Crippen LogP contribution is 2.37. The molecule has 3 aromatic carbocycles. The van der Waals surface area contributed by atoms with Crippen molar-refractivity contribution in [3.63, 3.8) is 0 Å². The molecule has 4 rings (SSSR count). The van der Waals surface area contributed by atoms with E-state index in [2.05, 4.69) is 37.8 Å². The summed E-state index contributed by atoms with van der Waals surface area (Å²) in [5.74, 6) is 1.62. The Morgan fingerprint density at radius 3 is 2.37 bits per heavy atom. The Bertz CT molecular complexity index is 1440. The summed E-state index contributed by atoms with van der Waals surface area (Å²) in [7, 11) is 4.66. The number of carboxylic acids is 1. The number of carbonyl (C=O) groups is 1. The molecule has 2 N–H and O–H groups in total. The van der Waals surface area contributed by atoms with E-state index in [9.17, 15) is 9.90 Å². The van der Waals surface area contributed by atoms with Gasteiger partial charge in [-0.05, 0) is 75.8 Å². The largest absolute Gasteiger partial charge is 0.497 e. The molecule has 0 aliphatic carbocycles. The van der Waals surface area contributed by atoms with Crippen molar-refractivity contribution in [3.8, 4) is 34.4 Å². The number of nitrogens with one attached hydrogen (secondary N) is 1. The Morgan fingerprint density at radius 1 is 1.03 bits per heavy atom. The molecule has 0 amide bonds. The second kappa shape index (κ2) is 12.7. The lowest BCUT2D eigenvalue weighted by Gasteiger charge is -2.14. The van der Waals surface area contributed by atoms with Gasteiger partial charge in [0.15, 0.2) is 17.3 Å². The third kappa shape index (κ3) is 6.78. The van der Waals surface area contributed by atoms with Crippen LogP contribution in [-0.4, -0.2) is 47.6 Å². The highest BCUT2D eigenvalue weighted by molar-refractivity contribution is 14.1. The molecule has 0 atom stereocenters. The standard InChI is InChI=1S/C27H24IN3O6S/c1-34-19-12-18(13-20(14-19)35-2)25-29-27(31-30-25)38-23(26(32)33)11-17-9-21(28)24(22(10-17)36-3)37-15-16-7-5-4-6-8-16/h4-14H,15H2,1-3H3,(H,32,33)(H,29,30,31)/b23-11-. The number of carboxylic acid groups (broad SMARTS) is 1. The molecule has 0 fully saturated rings. The fraction of sp³-hybridized carbons (Fsp3) is 0.148. The van der Waals surface area contributed by atoms with E-state index in [1.165, 1.54) is 0 Å². The minimum absolute atomic E-state index is 0.0366. The molecule has 0 saturated carbocycles. The Balaban J connectivity index is 1.57. The lowest BCUT2D eigenvalue weighted by molar-refractivity contribution is -0.131. The number of H-pyrrole nitrogens is 1. The van der Waals surface area contributed by atoms with Crippen molar-refractivity contribution >= 4 is 46.4 Å². The molecule has 0 radical (unpaired) electrons. The normalized spacial score (nSPS) is 11.2. The smallest absolute Gasteiger partial charge is 0.342 e. The first-order valence-corrected chi connectivity index (χ1v) is 13.1. The minimum atomic E-state index is -1.11. The first kappa shape index (κ1) is 27.3. The van der Waals surface area contributed by atoms with Crippen LogP contribution in [0.15, 0.2) is 70.7 Å². The van der Waals surface area contributed by atoms with Gasteiger partial charge in [-0.25, -0.2) is 9.78 Å². The van der Waals surface area contributed by atoms with Crippen molar-refractivity contribution < 1.29 is 28.8 Å². The van der Waals surface area contributed by atoms with Crippen molar-refractivity contribution in [2.24, 2.45) is 0 Å². The maximum absolute atomic E-state index is 12.1. The van der Waals surface area contributed by atoms with Crippen LogP contribution in [-0.2, 0) is 11.4 Å². The third-order valence-corrected chi connectivity index (χ3v) is 6.96. The van der Waals surface area contributed by atoms with Crippen LogP contribution < -0.4 is 18.9 Å². The predicted octanol–water partition coefficient (Wildman–Crippen LogP) is 5.90. The number of rotatable bonds is 11. The Labute approximate surface area is 237 Å². The number of hydrogen-bond acceptors (Lipinski definition) is 8. The summed E-state index contributed by atoms with van der Waals surface area (Å²) in [6.45, 7) is 0.380. The van der Waals surface area contributed by atoms with Crippen LogP contribution in [0.1, 0.15) is 11.1 Å². The predicted molar refractivity (Wildman–Crippen MR) is 153 cm³/mol. The van der Waals surface area contributed by atoms with Gasteiger partial charge in [-0.2, -0.15) is 0 Å². The van der Waals surface area contributed by atoms with Crippen LogP contribution in [0.2, 0.25) is 0 Å². The van der Waals surface area contributed by atoms with Crippen molar-refractivity contribution in [3.05, 3.63) is 80.3 Å². The van der Waals surface area contributed by atoms with Gasteiger partial charge in [0.1, 0.15) is 23.0 Å². The molecule has 1 aromatic heterocycles. The molecular formula is C27H24IN3O6S. The number of aliphatic carboxylic acids is 1. The number of nitrogens with zero attached hydrogens (tertiary/aromatic N) is 2. The molecule has 0 saturated heterocycles. The first-order valence-electron chi connectivity index (χ1n) is 11.2. The van der Waals surface area contributed by atoms with Gasteiger partial charge in [-0.15, -0.1) is 5.10 Å². The maximum Gasteiger partial charge on any atom is 0.342 e. The van der Waals surface area contributed by atoms with Crippen LogP contribution in [0.25, 0.3) is 17.5 Å². The highest BCUT2D eigenvalue weighted by atomic mass is 127. The maximum atomic E-state index is 12.1. The lowest BCUT2D eigenvalue weighted by Crippen LogP contribution is -2.01. The highest BCUT2D eigenvalue weighted by Gasteiger charge is 2.17.